The molecule has 0 saturated heterocycles. The third kappa shape index (κ3) is 3.30. The lowest BCUT2D eigenvalue weighted by molar-refractivity contribution is 0.102. The summed E-state index contributed by atoms with van der Waals surface area (Å²) in [4.78, 5) is 12.1. The Morgan fingerprint density at radius 1 is 0.947 bits per heavy atom. The van der Waals surface area contributed by atoms with Crippen molar-refractivity contribution < 1.29 is 13.2 Å². The van der Waals surface area contributed by atoms with Crippen LogP contribution in [0.25, 0.3) is 0 Å². The minimum atomic E-state index is -3.63. The van der Waals surface area contributed by atoms with Gasteiger partial charge in [-0.2, -0.15) is 0 Å². The molecule has 5 heteroatoms. The lowest BCUT2D eigenvalue weighted by Gasteiger charge is -2.06. The van der Waals surface area contributed by atoms with E-state index in [9.17, 15) is 13.2 Å². The van der Waals surface area contributed by atoms with E-state index in [0.29, 0.717) is 10.0 Å². The molecule has 2 rings (SSSR count). The van der Waals surface area contributed by atoms with Gasteiger partial charge in [0.2, 0.25) is 0 Å². The van der Waals surface area contributed by atoms with Gasteiger partial charge < -0.3 is 0 Å². The molecular formula is C14H11BrO3S. The fourth-order valence-electron chi connectivity index (χ4n) is 1.65. The molecule has 2 aromatic carbocycles. The largest absolute Gasteiger partial charge is 0.293 e. The van der Waals surface area contributed by atoms with Crippen molar-refractivity contribution in [3.63, 3.8) is 0 Å². The fraction of sp³-hybridized carbons (Fsp3) is 0.0714. The summed E-state index contributed by atoms with van der Waals surface area (Å²) in [5.41, 5.74) is 0.401. The Labute approximate surface area is 120 Å². The molecule has 98 valence electrons. The molecule has 0 unspecified atom stereocenters. The van der Waals surface area contributed by atoms with Crippen LogP contribution in [0.2, 0.25) is 0 Å². The Hall–Kier alpha value is -1.46. The van der Waals surface area contributed by atoms with E-state index in [0.717, 1.165) is 0 Å². The number of carbonyl (C=O) groups excluding carboxylic acids is 1. The molecule has 0 aromatic heterocycles. The predicted octanol–water partition coefficient (Wildman–Crippen LogP) is 3.11. The summed E-state index contributed by atoms with van der Waals surface area (Å²) >= 11 is 3.19. The van der Waals surface area contributed by atoms with Crippen molar-refractivity contribution in [2.45, 2.75) is 4.90 Å². The Balaban J connectivity index is 2.29. The first-order valence-electron chi connectivity index (χ1n) is 5.56. The van der Waals surface area contributed by atoms with Gasteiger partial charge >= 0.3 is 0 Å². The SMILES string of the molecule is O=C(CS(=O)(=O)c1ccccc1Br)c1ccccc1. The molecule has 0 aliphatic heterocycles. The molecule has 0 bridgehead atoms. The number of hydrogen-bond donors (Lipinski definition) is 0. The zero-order valence-electron chi connectivity index (χ0n) is 9.91. The minimum absolute atomic E-state index is 0.138. The number of sulfone groups is 1. The van der Waals surface area contributed by atoms with Gasteiger partial charge in [-0.3, -0.25) is 4.79 Å². The summed E-state index contributed by atoms with van der Waals surface area (Å²) in [6, 6.07) is 14.9. The monoisotopic (exact) mass is 338 g/mol. The van der Waals surface area contributed by atoms with Gasteiger partial charge in [-0.25, -0.2) is 8.42 Å². The second-order valence-corrected chi connectivity index (χ2v) is 6.79. The Morgan fingerprint density at radius 2 is 1.53 bits per heavy atom. The van der Waals surface area contributed by atoms with Crippen molar-refractivity contribution in [2.75, 3.05) is 5.75 Å². The van der Waals surface area contributed by atoms with Gasteiger partial charge in [-0.05, 0) is 28.1 Å². The Bertz CT molecular complexity index is 694. The van der Waals surface area contributed by atoms with Crippen molar-refractivity contribution in [1.82, 2.24) is 0 Å². The minimum Gasteiger partial charge on any atom is -0.293 e. The van der Waals surface area contributed by atoms with E-state index in [4.69, 9.17) is 0 Å². The average molecular weight is 339 g/mol. The molecule has 0 atom stereocenters. The highest BCUT2D eigenvalue weighted by atomic mass is 79.9. The van der Waals surface area contributed by atoms with Crippen LogP contribution in [0.5, 0.6) is 0 Å². The van der Waals surface area contributed by atoms with Crippen LogP contribution in [-0.2, 0) is 9.84 Å². The highest BCUT2D eigenvalue weighted by molar-refractivity contribution is 9.10. The van der Waals surface area contributed by atoms with Crippen molar-refractivity contribution in [2.24, 2.45) is 0 Å². The van der Waals surface area contributed by atoms with Crippen LogP contribution in [-0.4, -0.2) is 20.0 Å². The van der Waals surface area contributed by atoms with Gasteiger partial charge in [0.15, 0.2) is 15.6 Å². The van der Waals surface area contributed by atoms with Crippen LogP contribution < -0.4 is 0 Å². The zero-order valence-corrected chi connectivity index (χ0v) is 12.3. The fourth-order valence-corrected chi connectivity index (χ4v) is 4.00. The summed E-state index contributed by atoms with van der Waals surface area (Å²) in [7, 11) is -3.63. The quantitative estimate of drug-likeness (QED) is 0.805. The molecule has 0 spiro atoms. The molecule has 3 nitrogen and oxygen atoms in total. The average Bonchev–Trinajstić information content (AvgIpc) is 2.39. The number of ketones is 1. The number of halogens is 1. The highest BCUT2D eigenvalue weighted by Crippen LogP contribution is 2.22. The van der Waals surface area contributed by atoms with Crippen molar-refractivity contribution >= 4 is 31.6 Å². The molecule has 0 radical (unpaired) electrons. The van der Waals surface area contributed by atoms with E-state index < -0.39 is 21.4 Å². The molecular weight excluding hydrogens is 328 g/mol. The maximum atomic E-state index is 12.2. The second kappa shape index (κ2) is 5.67. The molecule has 0 aliphatic carbocycles. The number of hydrogen-bond acceptors (Lipinski definition) is 3. The predicted molar refractivity (Wildman–Crippen MR) is 77.0 cm³/mol. The van der Waals surface area contributed by atoms with Crippen molar-refractivity contribution in [1.29, 1.82) is 0 Å². The standard InChI is InChI=1S/C14H11BrO3S/c15-12-8-4-5-9-14(12)19(17,18)10-13(16)11-6-2-1-3-7-11/h1-9H,10H2. The molecule has 2 aromatic rings. The number of rotatable bonds is 4. The van der Waals surface area contributed by atoms with Gasteiger partial charge in [-0.1, -0.05) is 42.5 Å². The van der Waals surface area contributed by atoms with Crippen LogP contribution >= 0.6 is 15.9 Å². The molecule has 0 amide bonds. The third-order valence-corrected chi connectivity index (χ3v) is 5.21. The summed E-state index contributed by atoms with van der Waals surface area (Å²) in [5, 5.41) is 0. The van der Waals surface area contributed by atoms with Crippen molar-refractivity contribution in [3.8, 4) is 0 Å². The van der Waals surface area contributed by atoms with Crippen LogP contribution in [0.4, 0.5) is 0 Å². The van der Waals surface area contributed by atoms with E-state index in [1.54, 1.807) is 48.5 Å². The molecule has 19 heavy (non-hydrogen) atoms. The molecule has 0 N–H and O–H groups in total. The van der Waals surface area contributed by atoms with Gasteiger partial charge in [-0.15, -0.1) is 0 Å². The first-order valence-corrected chi connectivity index (χ1v) is 8.01. The lowest BCUT2D eigenvalue weighted by atomic mass is 10.2. The van der Waals surface area contributed by atoms with Crippen LogP contribution in [0, 0.1) is 0 Å². The smallest absolute Gasteiger partial charge is 0.186 e. The summed E-state index contributed by atoms with van der Waals surface area (Å²) in [5.74, 6) is -0.934. The summed E-state index contributed by atoms with van der Waals surface area (Å²) < 4.78 is 24.8. The van der Waals surface area contributed by atoms with Crippen LogP contribution in [0.1, 0.15) is 10.4 Å². The normalized spacial score (nSPS) is 11.2. The van der Waals surface area contributed by atoms with Gasteiger partial charge in [0.1, 0.15) is 5.75 Å². The highest BCUT2D eigenvalue weighted by Gasteiger charge is 2.22. The first kappa shape index (κ1) is 14.0. The third-order valence-electron chi connectivity index (χ3n) is 2.59. The van der Waals surface area contributed by atoms with E-state index in [2.05, 4.69) is 15.9 Å². The van der Waals surface area contributed by atoms with Gasteiger partial charge in [0, 0.05) is 10.0 Å². The Morgan fingerprint density at radius 3 is 2.16 bits per heavy atom. The van der Waals surface area contributed by atoms with E-state index in [1.165, 1.54) is 6.07 Å². The molecule has 0 heterocycles. The van der Waals surface area contributed by atoms with E-state index >= 15 is 0 Å². The number of carbonyl (C=O) groups is 1. The van der Waals surface area contributed by atoms with E-state index in [-0.39, 0.29) is 4.90 Å². The second-order valence-electron chi connectivity index (χ2n) is 3.98. The molecule has 0 aliphatic rings. The molecule has 0 fully saturated rings. The van der Waals surface area contributed by atoms with E-state index in [1.807, 2.05) is 0 Å². The summed E-state index contributed by atoms with van der Waals surface area (Å²) in [6.07, 6.45) is 0. The van der Waals surface area contributed by atoms with Gasteiger partial charge in [0.25, 0.3) is 0 Å². The maximum absolute atomic E-state index is 12.2. The maximum Gasteiger partial charge on any atom is 0.186 e. The zero-order chi connectivity index (χ0) is 13.9. The topological polar surface area (TPSA) is 51.2 Å². The lowest BCUT2D eigenvalue weighted by Crippen LogP contribution is -2.16. The van der Waals surface area contributed by atoms with Gasteiger partial charge in [0.05, 0.1) is 4.90 Å². The van der Waals surface area contributed by atoms with Crippen molar-refractivity contribution in [3.05, 3.63) is 64.6 Å². The van der Waals surface area contributed by atoms with Crippen LogP contribution in [0.15, 0.2) is 64.0 Å². The number of Topliss-reactive ketones (excluding diaryl/α,β-unsaturated/α-hetero) is 1. The molecule has 0 saturated carbocycles. The number of benzene rings is 2. The summed E-state index contributed by atoms with van der Waals surface area (Å²) in [6.45, 7) is 0. The van der Waals surface area contributed by atoms with Crippen LogP contribution in [0.3, 0.4) is 0 Å². The Kier molecular flexibility index (Phi) is 4.17. The first-order chi connectivity index (χ1) is 9.00.